The molecule has 4 aliphatic rings. The van der Waals surface area contributed by atoms with Crippen molar-refractivity contribution < 1.29 is 8.97 Å². The van der Waals surface area contributed by atoms with E-state index in [9.17, 15) is 0 Å². The average Bonchev–Trinajstić information content (AvgIpc) is 2.15. The third-order valence-corrected chi connectivity index (χ3v) is 5.07. The van der Waals surface area contributed by atoms with Gasteiger partial charge in [0.2, 0.25) is 0 Å². The lowest BCUT2D eigenvalue weighted by molar-refractivity contribution is -1.08. The fourth-order valence-electron chi connectivity index (χ4n) is 3.55. The second-order valence-electron chi connectivity index (χ2n) is 6.05. The van der Waals surface area contributed by atoms with E-state index in [0.29, 0.717) is 0 Å². The van der Waals surface area contributed by atoms with Gasteiger partial charge in [0.15, 0.2) is 0 Å². The van der Waals surface area contributed by atoms with Gasteiger partial charge in [-0.2, -0.15) is 0 Å². The summed E-state index contributed by atoms with van der Waals surface area (Å²) < 4.78 is 2.83. The lowest BCUT2D eigenvalue weighted by atomic mass is 9.98. The topological polar surface area (TPSA) is 3.24 Å². The van der Waals surface area contributed by atoms with Crippen LogP contribution >= 0.6 is 0 Å². The Labute approximate surface area is 87.1 Å². The largest absolute Gasteiger partial charge is 0.312 e. The first-order valence-corrected chi connectivity index (χ1v) is 6.00. The Hall–Kier alpha value is -0.120. The zero-order valence-corrected chi connectivity index (χ0v) is 9.58. The molecule has 4 fully saturated rings. The van der Waals surface area contributed by atoms with Crippen molar-refractivity contribution in [3.05, 3.63) is 0 Å². The van der Waals surface area contributed by atoms with Crippen molar-refractivity contribution in [3.63, 3.8) is 0 Å². The molecule has 0 aromatic carbocycles. The third kappa shape index (κ3) is 1.16. The molecule has 0 aliphatic carbocycles. The standard InChI is InChI=1S/C11H23N3/c1-12-9-11(10-12)14-6-3-13(2,4-7-14)5-8-14/h11H,3-10H2,1-2H3/q+2. The Balaban J connectivity index is 1.73. The maximum atomic E-state index is 2.47. The zero-order chi connectivity index (χ0) is 9.81. The van der Waals surface area contributed by atoms with Crippen molar-refractivity contribution in [2.24, 2.45) is 0 Å². The predicted octanol–water partition coefficient (Wildman–Crippen LogP) is -0.409. The molecular formula is C11H23N3+2. The Morgan fingerprint density at radius 3 is 1.86 bits per heavy atom. The van der Waals surface area contributed by atoms with Crippen LogP contribution in [0.15, 0.2) is 0 Å². The molecular weight excluding hydrogens is 174 g/mol. The number of hydrogen-bond acceptors (Lipinski definition) is 1. The van der Waals surface area contributed by atoms with E-state index in [4.69, 9.17) is 0 Å². The summed E-state index contributed by atoms with van der Waals surface area (Å²) >= 11 is 0. The monoisotopic (exact) mass is 197 g/mol. The smallest absolute Gasteiger partial charge is 0.129 e. The minimum absolute atomic E-state index is 0.981. The molecule has 14 heavy (non-hydrogen) atoms. The number of fused-ring (bicyclic) bond motifs is 3. The highest BCUT2D eigenvalue weighted by atomic mass is 15.5. The molecule has 0 spiro atoms. The second kappa shape index (κ2) is 2.71. The predicted molar refractivity (Wildman–Crippen MR) is 56.9 cm³/mol. The highest BCUT2D eigenvalue weighted by molar-refractivity contribution is 4.81. The molecule has 80 valence electrons. The summed E-state index contributed by atoms with van der Waals surface area (Å²) in [5.74, 6) is 0. The van der Waals surface area contributed by atoms with Crippen molar-refractivity contribution in [1.82, 2.24) is 4.90 Å². The Morgan fingerprint density at radius 1 is 0.929 bits per heavy atom. The van der Waals surface area contributed by atoms with Gasteiger partial charge in [0.05, 0.1) is 20.1 Å². The summed E-state index contributed by atoms with van der Waals surface area (Å²) in [6.07, 6.45) is 0. The second-order valence-corrected chi connectivity index (χ2v) is 6.05. The fraction of sp³-hybridized carbons (Fsp3) is 1.00. The molecule has 2 bridgehead atoms. The number of nitrogens with zero attached hydrogens (tertiary/aromatic N) is 3. The van der Waals surface area contributed by atoms with Crippen LogP contribution in [0.5, 0.6) is 0 Å². The Bertz CT molecular complexity index is 220. The third-order valence-electron chi connectivity index (χ3n) is 5.07. The maximum absolute atomic E-state index is 2.47. The van der Waals surface area contributed by atoms with Crippen molar-refractivity contribution in [3.8, 4) is 0 Å². The first kappa shape index (κ1) is 9.13. The lowest BCUT2D eigenvalue weighted by Gasteiger charge is -2.60. The minimum atomic E-state index is 0.981. The van der Waals surface area contributed by atoms with Gasteiger partial charge in [-0.05, 0) is 7.05 Å². The quantitative estimate of drug-likeness (QED) is 0.517. The van der Waals surface area contributed by atoms with Crippen LogP contribution in [-0.2, 0) is 0 Å². The van der Waals surface area contributed by atoms with E-state index in [2.05, 4.69) is 19.0 Å². The number of likely N-dealkylation sites (tertiary alicyclic amines) is 1. The Kier molecular flexibility index (Phi) is 1.77. The van der Waals surface area contributed by atoms with Gasteiger partial charge in [-0.3, -0.25) is 4.90 Å². The molecule has 4 heterocycles. The Morgan fingerprint density at radius 2 is 1.43 bits per heavy atom. The zero-order valence-electron chi connectivity index (χ0n) is 9.58. The summed E-state index contributed by atoms with van der Waals surface area (Å²) in [6, 6.07) is 0.981. The van der Waals surface area contributed by atoms with E-state index in [1.807, 2.05) is 0 Å². The van der Waals surface area contributed by atoms with Crippen LogP contribution in [0.2, 0.25) is 0 Å². The molecule has 0 amide bonds. The summed E-state index contributed by atoms with van der Waals surface area (Å²) in [6.45, 7) is 11.4. The molecule has 0 aromatic rings. The molecule has 0 N–H and O–H groups in total. The molecule has 0 unspecified atom stereocenters. The number of piperazine rings is 3. The van der Waals surface area contributed by atoms with E-state index in [-0.39, 0.29) is 0 Å². The number of hydrogen-bond donors (Lipinski definition) is 0. The summed E-state index contributed by atoms with van der Waals surface area (Å²) in [4.78, 5) is 2.47. The highest BCUT2D eigenvalue weighted by Gasteiger charge is 2.53. The summed E-state index contributed by atoms with van der Waals surface area (Å²) in [5.41, 5.74) is 0. The summed E-state index contributed by atoms with van der Waals surface area (Å²) in [5, 5.41) is 0. The van der Waals surface area contributed by atoms with Crippen molar-refractivity contribution in [2.75, 3.05) is 66.5 Å². The molecule has 0 saturated carbocycles. The molecule has 3 heteroatoms. The van der Waals surface area contributed by atoms with E-state index in [1.54, 1.807) is 0 Å². The van der Waals surface area contributed by atoms with E-state index in [1.165, 1.54) is 61.3 Å². The van der Waals surface area contributed by atoms with Gasteiger partial charge in [0.25, 0.3) is 0 Å². The number of quaternary nitrogens is 2. The first-order valence-electron chi connectivity index (χ1n) is 6.00. The van der Waals surface area contributed by atoms with Gasteiger partial charge in [-0.1, -0.05) is 0 Å². The maximum Gasteiger partial charge on any atom is 0.129 e. The van der Waals surface area contributed by atoms with Crippen LogP contribution in [0.3, 0.4) is 0 Å². The first-order chi connectivity index (χ1) is 6.62. The molecule has 4 rings (SSSR count). The van der Waals surface area contributed by atoms with E-state index >= 15 is 0 Å². The van der Waals surface area contributed by atoms with Gasteiger partial charge in [-0.25, -0.2) is 0 Å². The molecule has 4 aliphatic heterocycles. The van der Waals surface area contributed by atoms with Crippen LogP contribution in [0.1, 0.15) is 0 Å². The van der Waals surface area contributed by atoms with Crippen LogP contribution in [0.4, 0.5) is 0 Å². The molecule has 0 atom stereocenters. The molecule has 0 radical (unpaired) electrons. The molecule has 4 saturated heterocycles. The van der Waals surface area contributed by atoms with Crippen molar-refractivity contribution in [2.45, 2.75) is 6.04 Å². The van der Waals surface area contributed by atoms with Gasteiger partial charge in [0.1, 0.15) is 45.3 Å². The van der Waals surface area contributed by atoms with E-state index in [0.717, 1.165) is 6.04 Å². The fourth-order valence-corrected chi connectivity index (χ4v) is 3.55. The highest BCUT2D eigenvalue weighted by Crippen LogP contribution is 2.30. The van der Waals surface area contributed by atoms with Crippen LogP contribution in [-0.4, -0.2) is 86.4 Å². The van der Waals surface area contributed by atoms with Crippen LogP contribution in [0, 0.1) is 0 Å². The normalized spacial score (nSPS) is 49.3. The molecule has 3 nitrogen and oxygen atoms in total. The summed E-state index contributed by atoms with van der Waals surface area (Å²) in [7, 11) is 4.70. The van der Waals surface area contributed by atoms with E-state index < -0.39 is 0 Å². The van der Waals surface area contributed by atoms with Gasteiger partial charge in [-0.15, -0.1) is 0 Å². The number of likely N-dealkylation sites (N-methyl/N-ethyl adjacent to an activating group) is 2. The SMILES string of the molecule is CN1CC([N+]23CC[N+](C)(CC2)CC3)C1. The number of rotatable bonds is 1. The average molecular weight is 197 g/mol. The lowest BCUT2D eigenvalue weighted by Crippen LogP contribution is -2.80. The van der Waals surface area contributed by atoms with Crippen LogP contribution in [0.25, 0.3) is 0 Å². The minimum Gasteiger partial charge on any atom is -0.312 e. The van der Waals surface area contributed by atoms with Crippen molar-refractivity contribution in [1.29, 1.82) is 0 Å². The van der Waals surface area contributed by atoms with Gasteiger partial charge < -0.3 is 8.97 Å². The van der Waals surface area contributed by atoms with Crippen molar-refractivity contribution >= 4 is 0 Å². The van der Waals surface area contributed by atoms with Crippen LogP contribution < -0.4 is 0 Å². The van der Waals surface area contributed by atoms with Gasteiger partial charge in [0, 0.05) is 0 Å². The van der Waals surface area contributed by atoms with Gasteiger partial charge >= 0.3 is 0 Å². The molecule has 0 aromatic heterocycles.